The fourth-order valence-corrected chi connectivity index (χ4v) is 3.35. The van der Waals surface area contributed by atoms with Gasteiger partial charge >= 0.3 is 0 Å². The van der Waals surface area contributed by atoms with Crippen molar-refractivity contribution in [3.8, 4) is 0 Å². The van der Waals surface area contributed by atoms with Crippen molar-refractivity contribution in [3.05, 3.63) is 56.2 Å². The van der Waals surface area contributed by atoms with E-state index in [1.165, 1.54) is 20.9 Å². The van der Waals surface area contributed by atoms with E-state index in [1.807, 2.05) is 23.5 Å². The van der Waals surface area contributed by atoms with Gasteiger partial charge in [-0.25, -0.2) is 0 Å². The molecule has 2 rings (SSSR count). The standard InChI is InChI=1S/C16H20ClNS/c1-4-10-18-16(15-9-8-11(2)19-15)13-6-5-7-14(17)12(13)3/h5-9,16,18H,4,10H2,1-3H3. The van der Waals surface area contributed by atoms with Crippen LogP contribution in [0.4, 0.5) is 0 Å². The molecule has 0 radical (unpaired) electrons. The summed E-state index contributed by atoms with van der Waals surface area (Å²) in [7, 11) is 0. The van der Waals surface area contributed by atoms with E-state index in [-0.39, 0.29) is 6.04 Å². The molecule has 0 saturated heterocycles. The summed E-state index contributed by atoms with van der Waals surface area (Å²) in [5, 5.41) is 4.48. The zero-order chi connectivity index (χ0) is 13.8. The maximum Gasteiger partial charge on any atom is 0.0674 e. The molecule has 0 aliphatic heterocycles. The lowest BCUT2D eigenvalue weighted by Crippen LogP contribution is -2.23. The lowest BCUT2D eigenvalue weighted by molar-refractivity contribution is 0.603. The van der Waals surface area contributed by atoms with Crippen LogP contribution in [0.3, 0.4) is 0 Å². The highest BCUT2D eigenvalue weighted by Crippen LogP contribution is 2.32. The molecule has 0 spiro atoms. The monoisotopic (exact) mass is 293 g/mol. The molecule has 0 fully saturated rings. The quantitative estimate of drug-likeness (QED) is 0.808. The van der Waals surface area contributed by atoms with Gasteiger partial charge in [0.05, 0.1) is 6.04 Å². The van der Waals surface area contributed by atoms with Crippen LogP contribution in [0.2, 0.25) is 5.02 Å². The highest BCUT2D eigenvalue weighted by molar-refractivity contribution is 7.12. The third-order valence-electron chi connectivity index (χ3n) is 3.26. The fraction of sp³-hybridized carbons (Fsp3) is 0.375. The largest absolute Gasteiger partial charge is 0.306 e. The van der Waals surface area contributed by atoms with Gasteiger partial charge in [0.25, 0.3) is 0 Å². The Kier molecular flexibility index (Phi) is 5.03. The first-order valence-corrected chi connectivity index (χ1v) is 7.87. The van der Waals surface area contributed by atoms with Crippen molar-refractivity contribution in [2.24, 2.45) is 0 Å². The predicted molar refractivity (Wildman–Crippen MR) is 85.4 cm³/mol. The average molecular weight is 294 g/mol. The minimum absolute atomic E-state index is 0.248. The Morgan fingerprint density at radius 1 is 1.21 bits per heavy atom. The third kappa shape index (κ3) is 3.38. The predicted octanol–water partition coefficient (Wildman–Crippen LogP) is 5.11. The van der Waals surface area contributed by atoms with Gasteiger partial charge in [0.1, 0.15) is 0 Å². The van der Waals surface area contributed by atoms with Crippen LogP contribution < -0.4 is 5.32 Å². The minimum Gasteiger partial charge on any atom is -0.306 e. The van der Waals surface area contributed by atoms with Crippen LogP contribution in [-0.2, 0) is 0 Å². The van der Waals surface area contributed by atoms with Gasteiger partial charge in [-0.15, -0.1) is 11.3 Å². The number of nitrogens with one attached hydrogen (secondary N) is 1. The van der Waals surface area contributed by atoms with Gasteiger partial charge < -0.3 is 5.32 Å². The molecule has 1 aromatic heterocycles. The first kappa shape index (κ1) is 14.6. The Morgan fingerprint density at radius 2 is 2.00 bits per heavy atom. The maximum absolute atomic E-state index is 6.26. The smallest absolute Gasteiger partial charge is 0.0674 e. The summed E-state index contributed by atoms with van der Waals surface area (Å²) in [6.07, 6.45) is 1.13. The molecule has 1 heterocycles. The van der Waals surface area contributed by atoms with Gasteiger partial charge in [-0.1, -0.05) is 30.7 Å². The van der Waals surface area contributed by atoms with Crippen molar-refractivity contribution in [1.29, 1.82) is 0 Å². The fourth-order valence-electron chi connectivity index (χ4n) is 2.20. The van der Waals surface area contributed by atoms with Crippen molar-refractivity contribution in [3.63, 3.8) is 0 Å². The van der Waals surface area contributed by atoms with Crippen LogP contribution in [0.15, 0.2) is 30.3 Å². The number of hydrogen-bond acceptors (Lipinski definition) is 2. The Morgan fingerprint density at radius 3 is 2.63 bits per heavy atom. The number of rotatable bonds is 5. The first-order valence-electron chi connectivity index (χ1n) is 6.68. The molecule has 0 saturated carbocycles. The Hall–Kier alpha value is -0.830. The molecule has 3 heteroatoms. The zero-order valence-electron chi connectivity index (χ0n) is 11.7. The van der Waals surface area contributed by atoms with Gasteiger partial charge in [0.15, 0.2) is 0 Å². The van der Waals surface area contributed by atoms with Crippen molar-refractivity contribution >= 4 is 22.9 Å². The molecule has 1 atom stereocenters. The number of aryl methyl sites for hydroxylation is 1. The molecule has 0 aliphatic carbocycles. The van der Waals surface area contributed by atoms with Crippen LogP contribution >= 0.6 is 22.9 Å². The molecule has 1 unspecified atom stereocenters. The van der Waals surface area contributed by atoms with Crippen LogP contribution in [0.25, 0.3) is 0 Å². The van der Waals surface area contributed by atoms with E-state index in [4.69, 9.17) is 11.6 Å². The van der Waals surface area contributed by atoms with Gasteiger partial charge in [0, 0.05) is 14.8 Å². The molecule has 1 nitrogen and oxygen atoms in total. The lowest BCUT2D eigenvalue weighted by atomic mass is 10.00. The second kappa shape index (κ2) is 6.56. The molecule has 102 valence electrons. The van der Waals surface area contributed by atoms with Gasteiger partial charge in [-0.2, -0.15) is 0 Å². The summed E-state index contributed by atoms with van der Waals surface area (Å²) in [5.41, 5.74) is 2.45. The molecule has 1 N–H and O–H groups in total. The maximum atomic E-state index is 6.26. The van der Waals surface area contributed by atoms with Gasteiger partial charge in [-0.05, 0) is 56.1 Å². The Labute approximate surface area is 124 Å². The molecule has 19 heavy (non-hydrogen) atoms. The van der Waals surface area contributed by atoms with Crippen LogP contribution in [-0.4, -0.2) is 6.54 Å². The summed E-state index contributed by atoms with van der Waals surface area (Å²) in [4.78, 5) is 2.70. The lowest BCUT2D eigenvalue weighted by Gasteiger charge is -2.20. The first-order chi connectivity index (χ1) is 9.13. The molecule has 0 aliphatic rings. The normalized spacial score (nSPS) is 12.6. The van der Waals surface area contributed by atoms with Gasteiger partial charge in [-0.3, -0.25) is 0 Å². The highest BCUT2D eigenvalue weighted by atomic mass is 35.5. The number of halogens is 1. The van der Waals surface area contributed by atoms with Crippen LogP contribution in [0, 0.1) is 13.8 Å². The third-order valence-corrected chi connectivity index (χ3v) is 4.74. The summed E-state index contributed by atoms with van der Waals surface area (Å²) in [6.45, 7) is 7.44. The van der Waals surface area contributed by atoms with E-state index in [9.17, 15) is 0 Å². The van der Waals surface area contributed by atoms with E-state index >= 15 is 0 Å². The summed E-state index contributed by atoms with van der Waals surface area (Å²) < 4.78 is 0. The minimum atomic E-state index is 0.248. The molecular formula is C16H20ClNS. The molecule has 0 bridgehead atoms. The molecule has 0 amide bonds. The van der Waals surface area contributed by atoms with E-state index in [0.717, 1.165) is 18.0 Å². The van der Waals surface area contributed by atoms with Gasteiger partial charge in [0.2, 0.25) is 0 Å². The van der Waals surface area contributed by atoms with E-state index in [0.29, 0.717) is 0 Å². The summed E-state index contributed by atoms with van der Waals surface area (Å²) in [5.74, 6) is 0. The van der Waals surface area contributed by atoms with Crippen LogP contribution in [0.5, 0.6) is 0 Å². The number of benzene rings is 1. The summed E-state index contributed by atoms with van der Waals surface area (Å²) in [6, 6.07) is 10.8. The summed E-state index contributed by atoms with van der Waals surface area (Å²) >= 11 is 8.11. The molecular weight excluding hydrogens is 274 g/mol. The Balaban J connectivity index is 2.39. The number of thiophene rings is 1. The highest BCUT2D eigenvalue weighted by Gasteiger charge is 2.17. The molecule has 2 aromatic rings. The van der Waals surface area contributed by atoms with Crippen molar-refractivity contribution in [1.82, 2.24) is 5.32 Å². The van der Waals surface area contributed by atoms with E-state index in [2.05, 4.69) is 44.3 Å². The zero-order valence-corrected chi connectivity index (χ0v) is 13.2. The molecule has 1 aromatic carbocycles. The topological polar surface area (TPSA) is 12.0 Å². The van der Waals surface area contributed by atoms with Crippen molar-refractivity contribution in [2.75, 3.05) is 6.54 Å². The van der Waals surface area contributed by atoms with Crippen molar-refractivity contribution < 1.29 is 0 Å². The average Bonchev–Trinajstić information content (AvgIpc) is 2.81. The Bertz CT molecular complexity index is 547. The van der Waals surface area contributed by atoms with Crippen LogP contribution in [0.1, 0.15) is 40.3 Å². The van der Waals surface area contributed by atoms with E-state index in [1.54, 1.807) is 0 Å². The second-order valence-corrected chi connectivity index (χ2v) is 6.52. The number of hydrogen-bond donors (Lipinski definition) is 1. The van der Waals surface area contributed by atoms with Crippen molar-refractivity contribution in [2.45, 2.75) is 33.2 Å². The SMILES string of the molecule is CCCNC(c1ccc(C)s1)c1cccc(Cl)c1C. The second-order valence-electron chi connectivity index (χ2n) is 4.79. The van der Waals surface area contributed by atoms with E-state index < -0.39 is 0 Å².